The van der Waals surface area contributed by atoms with Crippen molar-refractivity contribution in [3.05, 3.63) is 39.9 Å². The monoisotopic (exact) mass is 252 g/mol. The molecule has 0 aliphatic rings. The van der Waals surface area contributed by atoms with Gasteiger partial charge in [-0.05, 0) is 18.9 Å². The van der Waals surface area contributed by atoms with E-state index in [1.165, 1.54) is 24.3 Å². The Balaban J connectivity index is 2.92. The summed E-state index contributed by atoms with van der Waals surface area (Å²) in [5.41, 5.74) is 0.458. The Labute approximate surface area is 105 Å². The van der Waals surface area contributed by atoms with E-state index < -0.39 is 16.9 Å². The molecule has 0 radical (unpaired) electrons. The molecule has 0 fully saturated rings. The predicted molar refractivity (Wildman–Crippen MR) is 66.4 cm³/mol. The average Bonchev–Trinajstić information content (AvgIpc) is 2.35. The molecule has 0 saturated heterocycles. The molecule has 1 aromatic rings. The van der Waals surface area contributed by atoms with Gasteiger partial charge >= 0.3 is 5.97 Å². The first kappa shape index (κ1) is 14.1. The molecule has 0 spiro atoms. The first-order chi connectivity index (χ1) is 8.45. The van der Waals surface area contributed by atoms with Crippen molar-refractivity contribution in [3.63, 3.8) is 0 Å². The van der Waals surface area contributed by atoms with E-state index in [-0.39, 0.29) is 11.7 Å². The second-order valence-electron chi connectivity index (χ2n) is 4.10. The van der Waals surface area contributed by atoms with Gasteiger partial charge in [-0.3, -0.25) is 20.2 Å². The van der Waals surface area contributed by atoms with Gasteiger partial charge in [0.05, 0.1) is 4.92 Å². The van der Waals surface area contributed by atoms with Gasteiger partial charge in [0.1, 0.15) is 6.04 Å². The molecule has 0 saturated carbocycles. The molecule has 0 aliphatic carbocycles. The highest BCUT2D eigenvalue weighted by Gasteiger charge is 2.21. The highest BCUT2D eigenvalue weighted by molar-refractivity contribution is 5.75. The maximum atomic E-state index is 11.2. The van der Waals surface area contributed by atoms with Gasteiger partial charge < -0.3 is 5.11 Å². The molecule has 0 aliphatic heterocycles. The molecule has 0 aromatic heterocycles. The van der Waals surface area contributed by atoms with Crippen molar-refractivity contribution >= 4 is 11.7 Å². The topological polar surface area (TPSA) is 92.5 Å². The van der Waals surface area contributed by atoms with E-state index >= 15 is 0 Å². The lowest BCUT2D eigenvalue weighted by Crippen LogP contribution is -2.34. The molecule has 2 unspecified atom stereocenters. The Morgan fingerprint density at radius 3 is 2.39 bits per heavy atom. The lowest BCUT2D eigenvalue weighted by atomic mass is 10.1. The molecule has 2 atom stereocenters. The van der Waals surface area contributed by atoms with E-state index in [4.69, 9.17) is 5.11 Å². The number of benzene rings is 1. The fourth-order valence-corrected chi connectivity index (χ4v) is 1.50. The zero-order valence-corrected chi connectivity index (χ0v) is 10.3. The zero-order valence-electron chi connectivity index (χ0n) is 10.3. The van der Waals surface area contributed by atoms with Crippen LogP contribution >= 0.6 is 0 Å². The van der Waals surface area contributed by atoms with Gasteiger partial charge in [0.2, 0.25) is 0 Å². The SMILES string of the molecule is CCC(C)NC(C(=O)O)c1ccc([N+](=O)[O-])cc1. The summed E-state index contributed by atoms with van der Waals surface area (Å²) >= 11 is 0. The Bertz CT molecular complexity index is 430. The number of carboxylic acid groups (broad SMARTS) is 1. The molecular formula is C12H16N2O4. The number of hydrogen-bond donors (Lipinski definition) is 2. The molecule has 0 amide bonds. The number of aliphatic carboxylic acids is 1. The normalized spacial score (nSPS) is 13.9. The fraction of sp³-hybridized carbons (Fsp3) is 0.417. The quantitative estimate of drug-likeness (QED) is 0.597. The minimum atomic E-state index is -0.996. The predicted octanol–water partition coefficient (Wildman–Crippen LogP) is 2.11. The highest BCUT2D eigenvalue weighted by atomic mass is 16.6. The molecule has 1 rings (SSSR count). The van der Waals surface area contributed by atoms with Crippen LogP contribution in [-0.2, 0) is 4.79 Å². The molecule has 6 heteroatoms. The number of nitro benzene ring substituents is 1. The minimum absolute atomic E-state index is 0.0496. The van der Waals surface area contributed by atoms with Gasteiger partial charge in [-0.15, -0.1) is 0 Å². The smallest absolute Gasteiger partial charge is 0.325 e. The molecular weight excluding hydrogens is 236 g/mol. The Morgan fingerprint density at radius 2 is 2.00 bits per heavy atom. The summed E-state index contributed by atoms with van der Waals surface area (Å²) in [5, 5.41) is 22.6. The third-order valence-corrected chi connectivity index (χ3v) is 2.75. The Kier molecular flexibility index (Phi) is 4.79. The van der Waals surface area contributed by atoms with Crippen molar-refractivity contribution in [1.82, 2.24) is 5.32 Å². The summed E-state index contributed by atoms with van der Waals surface area (Å²) < 4.78 is 0. The zero-order chi connectivity index (χ0) is 13.7. The summed E-state index contributed by atoms with van der Waals surface area (Å²) in [5.74, 6) is -0.996. The van der Waals surface area contributed by atoms with E-state index in [0.717, 1.165) is 6.42 Å². The molecule has 98 valence electrons. The molecule has 0 bridgehead atoms. The van der Waals surface area contributed by atoms with Crippen LogP contribution in [0.4, 0.5) is 5.69 Å². The second-order valence-corrected chi connectivity index (χ2v) is 4.10. The van der Waals surface area contributed by atoms with Crippen molar-refractivity contribution in [3.8, 4) is 0 Å². The van der Waals surface area contributed by atoms with Gasteiger partial charge in [0, 0.05) is 18.2 Å². The lowest BCUT2D eigenvalue weighted by molar-refractivity contribution is -0.384. The summed E-state index contributed by atoms with van der Waals surface area (Å²) in [7, 11) is 0. The van der Waals surface area contributed by atoms with Crippen molar-refractivity contribution in [2.75, 3.05) is 0 Å². The van der Waals surface area contributed by atoms with Crippen LogP contribution in [0.3, 0.4) is 0 Å². The van der Waals surface area contributed by atoms with Crippen LogP contribution in [0.1, 0.15) is 31.9 Å². The number of nitro groups is 1. The van der Waals surface area contributed by atoms with Gasteiger partial charge in [-0.2, -0.15) is 0 Å². The van der Waals surface area contributed by atoms with Crippen LogP contribution in [0, 0.1) is 10.1 Å². The van der Waals surface area contributed by atoms with Crippen LogP contribution in [0.25, 0.3) is 0 Å². The summed E-state index contributed by atoms with van der Waals surface area (Å²) in [6.45, 7) is 3.84. The second kappa shape index (κ2) is 6.11. The van der Waals surface area contributed by atoms with Crippen LogP contribution in [-0.4, -0.2) is 22.0 Å². The van der Waals surface area contributed by atoms with Crippen molar-refractivity contribution < 1.29 is 14.8 Å². The van der Waals surface area contributed by atoms with E-state index in [1.54, 1.807) is 0 Å². The average molecular weight is 252 g/mol. The number of hydrogen-bond acceptors (Lipinski definition) is 4. The van der Waals surface area contributed by atoms with Crippen LogP contribution in [0.15, 0.2) is 24.3 Å². The van der Waals surface area contributed by atoms with Crippen molar-refractivity contribution in [1.29, 1.82) is 0 Å². The minimum Gasteiger partial charge on any atom is -0.480 e. The van der Waals surface area contributed by atoms with E-state index in [0.29, 0.717) is 5.56 Å². The number of rotatable bonds is 6. The fourth-order valence-electron chi connectivity index (χ4n) is 1.50. The maximum absolute atomic E-state index is 11.2. The van der Waals surface area contributed by atoms with E-state index in [9.17, 15) is 14.9 Å². The molecule has 18 heavy (non-hydrogen) atoms. The highest BCUT2D eigenvalue weighted by Crippen LogP contribution is 2.19. The van der Waals surface area contributed by atoms with Crippen LogP contribution < -0.4 is 5.32 Å². The molecule has 0 heterocycles. The summed E-state index contributed by atoms with van der Waals surface area (Å²) in [4.78, 5) is 21.2. The van der Waals surface area contributed by atoms with Gasteiger partial charge in [0.15, 0.2) is 0 Å². The maximum Gasteiger partial charge on any atom is 0.325 e. The number of nitrogens with one attached hydrogen (secondary N) is 1. The Hall–Kier alpha value is -1.95. The summed E-state index contributed by atoms with van der Waals surface area (Å²) in [6, 6.07) is 4.76. The van der Waals surface area contributed by atoms with Gasteiger partial charge in [-0.1, -0.05) is 19.1 Å². The number of carbonyl (C=O) groups is 1. The van der Waals surface area contributed by atoms with Crippen molar-refractivity contribution in [2.45, 2.75) is 32.4 Å². The number of nitrogens with zero attached hydrogens (tertiary/aromatic N) is 1. The van der Waals surface area contributed by atoms with Crippen LogP contribution in [0.2, 0.25) is 0 Å². The number of carboxylic acids is 1. The first-order valence-electron chi connectivity index (χ1n) is 5.69. The van der Waals surface area contributed by atoms with Crippen molar-refractivity contribution in [2.24, 2.45) is 0 Å². The molecule has 1 aromatic carbocycles. The Morgan fingerprint density at radius 1 is 1.44 bits per heavy atom. The van der Waals surface area contributed by atoms with Gasteiger partial charge in [-0.25, -0.2) is 0 Å². The first-order valence-corrected chi connectivity index (χ1v) is 5.69. The lowest BCUT2D eigenvalue weighted by Gasteiger charge is -2.19. The van der Waals surface area contributed by atoms with Crippen LogP contribution in [0.5, 0.6) is 0 Å². The van der Waals surface area contributed by atoms with E-state index in [1.807, 2.05) is 13.8 Å². The summed E-state index contributed by atoms with van der Waals surface area (Å²) in [6.07, 6.45) is 0.802. The van der Waals surface area contributed by atoms with Gasteiger partial charge in [0.25, 0.3) is 5.69 Å². The number of non-ortho nitro benzene ring substituents is 1. The standard InChI is InChI=1S/C12H16N2O4/c1-3-8(2)13-11(12(15)16)9-4-6-10(7-5-9)14(17)18/h4-8,11,13H,3H2,1-2H3,(H,15,16). The third kappa shape index (κ3) is 3.53. The third-order valence-electron chi connectivity index (χ3n) is 2.75. The molecule has 6 nitrogen and oxygen atoms in total. The molecule has 2 N–H and O–H groups in total. The van der Waals surface area contributed by atoms with E-state index in [2.05, 4.69) is 5.32 Å². The largest absolute Gasteiger partial charge is 0.480 e.